The number of thiophene rings is 1. The highest BCUT2D eigenvalue weighted by Gasteiger charge is 2.22. The second-order valence-corrected chi connectivity index (χ2v) is 8.71. The Bertz CT molecular complexity index is 1090. The Morgan fingerprint density at radius 3 is 2.67 bits per heavy atom. The van der Waals surface area contributed by atoms with E-state index in [1.54, 1.807) is 24.3 Å². The zero-order chi connectivity index (χ0) is 21.1. The fourth-order valence-corrected chi connectivity index (χ4v) is 4.84. The molecule has 0 saturated carbocycles. The molecule has 0 bridgehead atoms. The van der Waals surface area contributed by atoms with E-state index in [-0.39, 0.29) is 5.91 Å². The molecule has 30 heavy (non-hydrogen) atoms. The van der Waals surface area contributed by atoms with Crippen LogP contribution in [0.5, 0.6) is 0 Å². The number of amides is 1. The number of anilines is 2. The zero-order valence-corrected chi connectivity index (χ0v) is 18.4. The lowest BCUT2D eigenvalue weighted by atomic mass is 10.1. The Kier molecular flexibility index (Phi) is 6.19. The number of aromatic nitrogens is 2. The van der Waals surface area contributed by atoms with Crippen molar-refractivity contribution in [3.05, 3.63) is 40.8 Å². The fraction of sp³-hybridized carbons (Fsp3) is 0.333. The summed E-state index contributed by atoms with van der Waals surface area (Å²) in [4.78, 5) is 37.9. The molecule has 4 rings (SSSR count). The van der Waals surface area contributed by atoms with Gasteiger partial charge in [-0.3, -0.25) is 4.79 Å². The van der Waals surface area contributed by atoms with Crippen molar-refractivity contribution in [2.24, 2.45) is 0 Å². The average molecular weight is 443 g/mol. The molecule has 0 spiro atoms. The SMILES string of the molecule is COC(=O)c1ccccc1NC(=O)c1cc2c(N3CCCCC3)nc(SC)nc2s1. The van der Waals surface area contributed by atoms with Gasteiger partial charge in [-0.25, -0.2) is 14.8 Å². The molecule has 0 aliphatic carbocycles. The van der Waals surface area contributed by atoms with Gasteiger partial charge in [0.25, 0.3) is 5.91 Å². The van der Waals surface area contributed by atoms with E-state index in [1.807, 2.05) is 12.3 Å². The highest BCUT2D eigenvalue weighted by atomic mass is 32.2. The third kappa shape index (κ3) is 4.13. The monoisotopic (exact) mass is 442 g/mol. The first-order valence-electron chi connectivity index (χ1n) is 9.70. The Morgan fingerprint density at radius 2 is 1.93 bits per heavy atom. The van der Waals surface area contributed by atoms with E-state index in [9.17, 15) is 9.59 Å². The number of rotatable bonds is 5. The number of para-hydroxylation sites is 1. The van der Waals surface area contributed by atoms with Crippen LogP contribution >= 0.6 is 23.1 Å². The van der Waals surface area contributed by atoms with Crippen molar-refractivity contribution < 1.29 is 14.3 Å². The first-order chi connectivity index (χ1) is 14.6. The van der Waals surface area contributed by atoms with Crippen LogP contribution in [0.15, 0.2) is 35.5 Å². The summed E-state index contributed by atoms with van der Waals surface area (Å²) < 4.78 is 4.81. The van der Waals surface area contributed by atoms with Gasteiger partial charge in [-0.2, -0.15) is 0 Å². The zero-order valence-electron chi connectivity index (χ0n) is 16.8. The number of piperidine rings is 1. The molecule has 1 aliphatic rings. The van der Waals surface area contributed by atoms with Crippen LogP contribution in [-0.4, -0.2) is 48.3 Å². The molecule has 1 amide bonds. The second kappa shape index (κ2) is 9.01. The summed E-state index contributed by atoms with van der Waals surface area (Å²) in [5, 5.41) is 4.43. The number of fused-ring (bicyclic) bond motifs is 1. The van der Waals surface area contributed by atoms with Gasteiger partial charge in [0.2, 0.25) is 0 Å². The molecule has 0 atom stereocenters. The summed E-state index contributed by atoms with van der Waals surface area (Å²) in [5.74, 6) is 0.115. The van der Waals surface area contributed by atoms with Crippen molar-refractivity contribution in [3.8, 4) is 0 Å². The summed E-state index contributed by atoms with van der Waals surface area (Å²) >= 11 is 2.83. The van der Waals surface area contributed by atoms with Gasteiger partial charge < -0.3 is 15.0 Å². The number of esters is 1. The van der Waals surface area contributed by atoms with Gasteiger partial charge in [0.05, 0.1) is 28.6 Å². The number of nitrogens with one attached hydrogen (secondary N) is 1. The smallest absolute Gasteiger partial charge is 0.339 e. The number of methoxy groups -OCH3 is 1. The van der Waals surface area contributed by atoms with Crippen LogP contribution in [0.4, 0.5) is 11.5 Å². The molecule has 0 unspecified atom stereocenters. The van der Waals surface area contributed by atoms with Crippen LogP contribution in [0.3, 0.4) is 0 Å². The summed E-state index contributed by atoms with van der Waals surface area (Å²) in [6.45, 7) is 1.92. The van der Waals surface area contributed by atoms with Crippen molar-refractivity contribution in [1.29, 1.82) is 0 Å². The van der Waals surface area contributed by atoms with E-state index < -0.39 is 5.97 Å². The second-order valence-electron chi connectivity index (χ2n) is 6.90. The topological polar surface area (TPSA) is 84.4 Å². The predicted molar refractivity (Wildman–Crippen MR) is 121 cm³/mol. The number of benzene rings is 1. The molecule has 3 heterocycles. The largest absolute Gasteiger partial charge is 0.465 e. The third-order valence-corrected chi connectivity index (χ3v) is 6.57. The minimum atomic E-state index is -0.495. The van der Waals surface area contributed by atoms with Gasteiger partial charge in [-0.15, -0.1) is 11.3 Å². The number of thioether (sulfide) groups is 1. The van der Waals surface area contributed by atoms with E-state index >= 15 is 0 Å². The number of nitrogens with zero attached hydrogens (tertiary/aromatic N) is 3. The molecule has 2 aromatic heterocycles. The van der Waals surface area contributed by atoms with Crippen molar-refractivity contribution in [2.75, 3.05) is 36.7 Å². The maximum Gasteiger partial charge on any atom is 0.339 e. The van der Waals surface area contributed by atoms with Crippen molar-refractivity contribution in [3.63, 3.8) is 0 Å². The van der Waals surface area contributed by atoms with E-state index in [4.69, 9.17) is 9.72 Å². The molecule has 1 N–H and O–H groups in total. The van der Waals surface area contributed by atoms with Crippen LogP contribution in [0.2, 0.25) is 0 Å². The molecular formula is C21H22N4O3S2. The van der Waals surface area contributed by atoms with Crippen molar-refractivity contribution >= 4 is 56.7 Å². The number of ether oxygens (including phenoxy) is 1. The molecule has 1 saturated heterocycles. The lowest BCUT2D eigenvalue weighted by Gasteiger charge is -2.28. The number of carbonyl (C=O) groups is 2. The van der Waals surface area contributed by atoms with E-state index in [1.165, 1.54) is 36.6 Å². The van der Waals surface area contributed by atoms with Gasteiger partial charge in [0, 0.05) is 13.1 Å². The average Bonchev–Trinajstić information content (AvgIpc) is 3.23. The fourth-order valence-electron chi connectivity index (χ4n) is 3.50. The Labute approximate surface area is 182 Å². The first-order valence-corrected chi connectivity index (χ1v) is 11.7. The van der Waals surface area contributed by atoms with Gasteiger partial charge >= 0.3 is 5.97 Å². The molecule has 0 radical (unpaired) electrons. The minimum absolute atomic E-state index is 0.287. The van der Waals surface area contributed by atoms with Crippen molar-refractivity contribution in [2.45, 2.75) is 24.4 Å². The predicted octanol–water partition coefficient (Wildman–Crippen LogP) is 4.44. The standard InChI is InChI=1S/C21H22N4O3S2/c1-28-20(27)13-8-4-5-9-15(13)22-18(26)16-12-14-17(25-10-6-3-7-11-25)23-21(29-2)24-19(14)30-16/h4-5,8-9,12H,3,6-7,10-11H2,1-2H3,(H,22,26). The van der Waals surface area contributed by atoms with Crippen LogP contribution < -0.4 is 10.2 Å². The molecular weight excluding hydrogens is 420 g/mol. The molecule has 7 nitrogen and oxygen atoms in total. The van der Waals surface area contributed by atoms with Crippen LogP contribution in [0.1, 0.15) is 39.3 Å². The van der Waals surface area contributed by atoms with E-state index in [2.05, 4.69) is 15.2 Å². The third-order valence-electron chi connectivity index (χ3n) is 4.99. The van der Waals surface area contributed by atoms with Gasteiger partial charge in [0.1, 0.15) is 10.6 Å². The van der Waals surface area contributed by atoms with Gasteiger partial charge in [-0.1, -0.05) is 23.9 Å². The van der Waals surface area contributed by atoms with E-state index in [0.29, 0.717) is 21.3 Å². The Hall–Kier alpha value is -2.65. The molecule has 1 aliphatic heterocycles. The van der Waals surface area contributed by atoms with Crippen LogP contribution in [-0.2, 0) is 4.74 Å². The summed E-state index contributed by atoms with van der Waals surface area (Å²) in [7, 11) is 1.32. The summed E-state index contributed by atoms with van der Waals surface area (Å²) in [6, 6.07) is 8.65. The van der Waals surface area contributed by atoms with Crippen molar-refractivity contribution in [1.82, 2.24) is 9.97 Å². The molecule has 1 fully saturated rings. The van der Waals surface area contributed by atoms with Crippen LogP contribution in [0, 0.1) is 0 Å². The molecule has 1 aromatic carbocycles. The summed E-state index contributed by atoms with van der Waals surface area (Å²) in [5.41, 5.74) is 0.729. The van der Waals surface area contributed by atoms with Gasteiger partial charge in [-0.05, 0) is 43.7 Å². The Balaban J connectivity index is 1.68. The normalized spacial score (nSPS) is 14.0. The highest BCUT2D eigenvalue weighted by Crippen LogP contribution is 2.34. The number of hydrogen-bond acceptors (Lipinski definition) is 8. The maximum atomic E-state index is 13.0. The Morgan fingerprint density at radius 1 is 1.17 bits per heavy atom. The number of hydrogen-bond donors (Lipinski definition) is 1. The molecule has 9 heteroatoms. The lowest BCUT2D eigenvalue weighted by molar-refractivity contribution is 0.0602. The minimum Gasteiger partial charge on any atom is -0.465 e. The van der Waals surface area contributed by atoms with Gasteiger partial charge in [0.15, 0.2) is 5.16 Å². The first kappa shape index (κ1) is 20.6. The number of carbonyl (C=O) groups excluding carboxylic acids is 2. The molecule has 156 valence electrons. The van der Waals surface area contributed by atoms with Crippen LogP contribution in [0.25, 0.3) is 10.2 Å². The molecule has 3 aromatic rings. The van der Waals surface area contributed by atoms with E-state index in [0.717, 1.165) is 42.0 Å². The lowest BCUT2D eigenvalue weighted by Crippen LogP contribution is -2.30. The summed E-state index contributed by atoms with van der Waals surface area (Å²) in [6.07, 6.45) is 5.47. The quantitative estimate of drug-likeness (QED) is 0.355. The maximum absolute atomic E-state index is 13.0. The highest BCUT2D eigenvalue weighted by molar-refractivity contribution is 7.98.